The summed E-state index contributed by atoms with van der Waals surface area (Å²) in [5, 5.41) is 3.10. The maximum absolute atomic E-state index is 12.6. The number of hydrogen-bond donors (Lipinski definition) is 1. The van der Waals surface area contributed by atoms with Gasteiger partial charge in [0.1, 0.15) is 0 Å². The molecular formula is C15H26ClN3O3. The fourth-order valence-corrected chi connectivity index (χ4v) is 3.61. The molecule has 0 aromatic rings. The van der Waals surface area contributed by atoms with E-state index in [1.165, 1.54) is 0 Å². The molecule has 22 heavy (non-hydrogen) atoms. The first-order valence-electron chi connectivity index (χ1n) is 8.12. The molecule has 2 amide bonds. The van der Waals surface area contributed by atoms with Gasteiger partial charge in [-0.15, -0.1) is 12.4 Å². The molecule has 2 atom stereocenters. The van der Waals surface area contributed by atoms with Gasteiger partial charge in [-0.25, -0.2) is 0 Å². The molecule has 0 bridgehead atoms. The lowest BCUT2D eigenvalue weighted by atomic mass is 9.97. The predicted molar refractivity (Wildman–Crippen MR) is 85.0 cm³/mol. The Morgan fingerprint density at radius 3 is 2.82 bits per heavy atom. The molecule has 3 saturated heterocycles. The maximum atomic E-state index is 12.6. The average Bonchev–Trinajstić information content (AvgIpc) is 2.55. The molecule has 0 aromatic carbocycles. The Bertz CT molecular complexity index is 401. The minimum Gasteiger partial charge on any atom is -0.381 e. The van der Waals surface area contributed by atoms with E-state index in [1.807, 2.05) is 9.80 Å². The lowest BCUT2D eigenvalue weighted by Gasteiger charge is -2.42. The van der Waals surface area contributed by atoms with Crippen LogP contribution < -0.4 is 5.32 Å². The Balaban J connectivity index is 0.00000176. The van der Waals surface area contributed by atoms with E-state index in [1.54, 1.807) is 0 Å². The van der Waals surface area contributed by atoms with Crippen molar-refractivity contribution in [1.82, 2.24) is 15.1 Å². The first-order valence-corrected chi connectivity index (χ1v) is 8.12. The van der Waals surface area contributed by atoms with Crippen molar-refractivity contribution in [2.75, 3.05) is 45.9 Å². The van der Waals surface area contributed by atoms with E-state index in [2.05, 4.69) is 5.32 Å². The van der Waals surface area contributed by atoms with Gasteiger partial charge in [-0.2, -0.15) is 0 Å². The number of nitrogens with one attached hydrogen (secondary N) is 1. The van der Waals surface area contributed by atoms with E-state index < -0.39 is 0 Å². The van der Waals surface area contributed by atoms with Crippen LogP contribution in [0.15, 0.2) is 0 Å². The molecule has 3 aliphatic heterocycles. The van der Waals surface area contributed by atoms with Crippen LogP contribution in [-0.2, 0) is 14.3 Å². The summed E-state index contributed by atoms with van der Waals surface area (Å²) >= 11 is 0. The van der Waals surface area contributed by atoms with Crippen molar-refractivity contribution in [3.8, 4) is 0 Å². The third kappa shape index (κ3) is 3.91. The molecule has 0 radical (unpaired) electrons. The van der Waals surface area contributed by atoms with Gasteiger partial charge in [-0.3, -0.25) is 9.59 Å². The molecule has 7 heteroatoms. The molecule has 3 rings (SSSR count). The van der Waals surface area contributed by atoms with Gasteiger partial charge in [-0.05, 0) is 25.7 Å². The highest BCUT2D eigenvalue weighted by Crippen LogP contribution is 2.22. The third-order valence-electron chi connectivity index (χ3n) is 4.78. The smallest absolute Gasteiger partial charge is 0.236 e. The normalized spacial score (nSPS) is 29.9. The molecule has 0 spiro atoms. The zero-order chi connectivity index (χ0) is 14.7. The summed E-state index contributed by atoms with van der Waals surface area (Å²) in [4.78, 5) is 28.5. The van der Waals surface area contributed by atoms with Gasteiger partial charge < -0.3 is 19.9 Å². The number of hydrogen-bond acceptors (Lipinski definition) is 4. The largest absolute Gasteiger partial charge is 0.381 e. The van der Waals surface area contributed by atoms with Crippen LogP contribution in [0.1, 0.15) is 25.7 Å². The van der Waals surface area contributed by atoms with E-state index in [0.717, 1.165) is 51.9 Å². The van der Waals surface area contributed by atoms with Gasteiger partial charge in [0.15, 0.2) is 0 Å². The number of ether oxygens (including phenoxy) is 1. The van der Waals surface area contributed by atoms with Gasteiger partial charge in [0.25, 0.3) is 0 Å². The van der Waals surface area contributed by atoms with Crippen molar-refractivity contribution in [1.29, 1.82) is 0 Å². The van der Waals surface area contributed by atoms with Crippen LogP contribution >= 0.6 is 12.4 Å². The number of piperidine rings is 1. The first-order chi connectivity index (χ1) is 10.3. The van der Waals surface area contributed by atoms with Crippen molar-refractivity contribution < 1.29 is 14.3 Å². The lowest BCUT2D eigenvalue weighted by molar-refractivity contribution is -0.145. The molecule has 6 nitrogen and oxygen atoms in total. The summed E-state index contributed by atoms with van der Waals surface area (Å²) in [6.07, 6.45) is 3.91. The maximum Gasteiger partial charge on any atom is 0.236 e. The molecule has 1 N–H and O–H groups in total. The quantitative estimate of drug-likeness (QED) is 0.788. The second kappa shape index (κ2) is 8.13. The van der Waals surface area contributed by atoms with Crippen LogP contribution in [0.25, 0.3) is 0 Å². The molecule has 0 saturated carbocycles. The van der Waals surface area contributed by atoms with Crippen LogP contribution in [0.5, 0.6) is 0 Å². The van der Waals surface area contributed by atoms with Crippen LogP contribution in [-0.4, -0.2) is 73.6 Å². The Hall–Kier alpha value is -0.850. The molecule has 2 unspecified atom stereocenters. The zero-order valence-corrected chi connectivity index (χ0v) is 13.8. The van der Waals surface area contributed by atoms with Gasteiger partial charge in [0, 0.05) is 38.8 Å². The second-order valence-electron chi connectivity index (χ2n) is 6.26. The van der Waals surface area contributed by atoms with Crippen molar-refractivity contribution in [2.24, 2.45) is 5.92 Å². The Morgan fingerprint density at radius 2 is 2.09 bits per heavy atom. The number of amides is 2. The van der Waals surface area contributed by atoms with E-state index >= 15 is 0 Å². The van der Waals surface area contributed by atoms with Crippen LogP contribution in [0.2, 0.25) is 0 Å². The first kappa shape index (κ1) is 17.5. The SMILES string of the molecule is Cl.O=C(C1CCCOC1)N1CCCC(N2CCNCC2=O)C1. The van der Waals surface area contributed by atoms with Crippen molar-refractivity contribution in [3.63, 3.8) is 0 Å². The van der Waals surface area contributed by atoms with E-state index in [4.69, 9.17) is 4.74 Å². The van der Waals surface area contributed by atoms with E-state index in [-0.39, 0.29) is 36.2 Å². The minimum atomic E-state index is 0. The van der Waals surface area contributed by atoms with E-state index in [0.29, 0.717) is 19.7 Å². The summed E-state index contributed by atoms with van der Waals surface area (Å²) < 4.78 is 5.43. The highest BCUT2D eigenvalue weighted by molar-refractivity contribution is 5.85. The topological polar surface area (TPSA) is 61.9 Å². The average molecular weight is 332 g/mol. The molecule has 3 heterocycles. The molecule has 3 aliphatic rings. The van der Waals surface area contributed by atoms with Crippen LogP contribution in [0, 0.1) is 5.92 Å². The Labute approximate surface area is 137 Å². The standard InChI is InChI=1S/C15H25N3O3.ClH/c19-14-9-16-5-7-18(14)13-4-1-6-17(10-13)15(20)12-3-2-8-21-11-12;/h12-13,16H,1-11H2;1H. The molecule has 3 fully saturated rings. The third-order valence-corrected chi connectivity index (χ3v) is 4.78. The number of carbonyl (C=O) groups excluding carboxylic acids is 2. The van der Waals surface area contributed by atoms with Gasteiger partial charge >= 0.3 is 0 Å². The number of halogens is 1. The summed E-state index contributed by atoms with van der Waals surface area (Å²) in [7, 11) is 0. The number of nitrogens with zero attached hydrogens (tertiary/aromatic N) is 2. The molecular weight excluding hydrogens is 306 g/mol. The van der Waals surface area contributed by atoms with Crippen LogP contribution in [0.3, 0.4) is 0 Å². The number of carbonyl (C=O) groups is 2. The molecule has 0 aromatic heterocycles. The van der Waals surface area contributed by atoms with E-state index in [9.17, 15) is 9.59 Å². The zero-order valence-electron chi connectivity index (χ0n) is 13.0. The second-order valence-corrected chi connectivity index (χ2v) is 6.26. The van der Waals surface area contributed by atoms with Crippen LogP contribution in [0.4, 0.5) is 0 Å². The Kier molecular flexibility index (Phi) is 6.47. The highest BCUT2D eigenvalue weighted by Gasteiger charge is 2.34. The summed E-state index contributed by atoms with van der Waals surface area (Å²) in [6, 6.07) is 0.196. The molecule has 0 aliphatic carbocycles. The Morgan fingerprint density at radius 1 is 1.23 bits per heavy atom. The van der Waals surface area contributed by atoms with Crippen molar-refractivity contribution in [2.45, 2.75) is 31.7 Å². The molecule has 126 valence electrons. The monoisotopic (exact) mass is 331 g/mol. The summed E-state index contributed by atoms with van der Waals surface area (Å²) in [5.41, 5.74) is 0. The van der Waals surface area contributed by atoms with Gasteiger partial charge in [-0.1, -0.05) is 0 Å². The van der Waals surface area contributed by atoms with Crippen molar-refractivity contribution in [3.05, 3.63) is 0 Å². The predicted octanol–water partition coefficient (Wildman–Crippen LogP) is 0.258. The van der Waals surface area contributed by atoms with Crippen molar-refractivity contribution >= 4 is 24.2 Å². The fraction of sp³-hybridized carbons (Fsp3) is 0.867. The van der Waals surface area contributed by atoms with Gasteiger partial charge in [0.2, 0.25) is 11.8 Å². The van der Waals surface area contributed by atoms with Gasteiger partial charge in [0.05, 0.1) is 19.1 Å². The minimum absolute atomic E-state index is 0. The number of likely N-dealkylation sites (tertiary alicyclic amines) is 1. The highest BCUT2D eigenvalue weighted by atomic mass is 35.5. The number of piperazine rings is 1. The lowest BCUT2D eigenvalue weighted by Crippen LogP contribution is -2.58. The fourth-order valence-electron chi connectivity index (χ4n) is 3.61. The summed E-state index contributed by atoms with van der Waals surface area (Å²) in [5.74, 6) is 0.416. The number of rotatable bonds is 2. The summed E-state index contributed by atoms with van der Waals surface area (Å²) in [6.45, 7) is 4.91.